The maximum Gasteiger partial charge on any atom is 0.259 e. The molecule has 5 heteroatoms. The Hall–Kier alpha value is -2.69. The molecule has 0 aliphatic carbocycles. The van der Waals surface area contributed by atoms with E-state index in [9.17, 15) is 4.79 Å². The van der Waals surface area contributed by atoms with Gasteiger partial charge in [0, 0.05) is 24.0 Å². The van der Waals surface area contributed by atoms with Crippen LogP contribution in [0.15, 0.2) is 48.9 Å². The lowest BCUT2D eigenvalue weighted by Crippen LogP contribution is -2.12. The van der Waals surface area contributed by atoms with Crippen molar-refractivity contribution in [3.8, 4) is 0 Å². The van der Waals surface area contributed by atoms with Crippen LogP contribution >= 0.6 is 0 Å². The number of hydrogen-bond donors (Lipinski definition) is 2. The number of hydrogen-bond acceptors (Lipinski definition) is 3. The van der Waals surface area contributed by atoms with Gasteiger partial charge in [-0.3, -0.25) is 4.79 Å². The minimum Gasteiger partial charge on any atom is -0.345 e. The summed E-state index contributed by atoms with van der Waals surface area (Å²) in [6.07, 6.45) is 4.96. The Morgan fingerprint density at radius 1 is 1.11 bits per heavy atom. The maximum absolute atomic E-state index is 12.1. The van der Waals surface area contributed by atoms with Crippen molar-refractivity contribution in [2.24, 2.45) is 0 Å². The van der Waals surface area contributed by atoms with Gasteiger partial charge in [0.05, 0.1) is 5.56 Å². The Bertz CT molecular complexity index is 690. The monoisotopic (exact) mass is 238 g/mol. The van der Waals surface area contributed by atoms with Gasteiger partial charge in [-0.1, -0.05) is 6.07 Å². The number of fused-ring (bicyclic) bond motifs is 1. The molecule has 0 fully saturated rings. The number of carbonyl (C=O) groups is 1. The number of pyridine rings is 2. The highest BCUT2D eigenvalue weighted by molar-refractivity contribution is 6.11. The summed E-state index contributed by atoms with van der Waals surface area (Å²) in [6, 6.07) is 9.01. The van der Waals surface area contributed by atoms with E-state index in [2.05, 4.69) is 20.3 Å². The first-order chi connectivity index (χ1) is 8.84. The number of amides is 1. The Labute approximate surface area is 103 Å². The van der Waals surface area contributed by atoms with Gasteiger partial charge in [-0.2, -0.15) is 0 Å². The van der Waals surface area contributed by atoms with E-state index < -0.39 is 0 Å². The van der Waals surface area contributed by atoms with E-state index in [-0.39, 0.29) is 5.91 Å². The van der Waals surface area contributed by atoms with Crippen LogP contribution in [-0.4, -0.2) is 20.9 Å². The van der Waals surface area contributed by atoms with Crippen LogP contribution in [0.4, 0.5) is 5.82 Å². The zero-order valence-electron chi connectivity index (χ0n) is 9.42. The van der Waals surface area contributed by atoms with E-state index in [0.29, 0.717) is 17.0 Å². The molecule has 1 amide bonds. The Morgan fingerprint density at radius 2 is 2.00 bits per heavy atom. The Balaban J connectivity index is 1.93. The van der Waals surface area contributed by atoms with E-state index in [1.807, 2.05) is 12.1 Å². The molecule has 0 unspecified atom stereocenters. The summed E-state index contributed by atoms with van der Waals surface area (Å²) in [6.45, 7) is 0. The molecule has 0 atom stereocenters. The second kappa shape index (κ2) is 4.29. The minimum atomic E-state index is -0.201. The quantitative estimate of drug-likeness (QED) is 0.719. The molecule has 2 N–H and O–H groups in total. The molecule has 18 heavy (non-hydrogen) atoms. The summed E-state index contributed by atoms with van der Waals surface area (Å²) in [4.78, 5) is 23.2. The number of aromatic nitrogens is 3. The zero-order valence-corrected chi connectivity index (χ0v) is 9.42. The molecule has 5 nitrogen and oxygen atoms in total. The third kappa shape index (κ3) is 1.82. The minimum absolute atomic E-state index is 0.201. The van der Waals surface area contributed by atoms with Crippen LogP contribution in [0, 0.1) is 0 Å². The van der Waals surface area contributed by atoms with Crippen LogP contribution in [-0.2, 0) is 0 Å². The van der Waals surface area contributed by atoms with E-state index in [4.69, 9.17) is 0 Å². The van der Waals surface area contributed by atoms with Gasteiger partial charge in [-0.25, -0.2) is 9.97 Å². The van der Waals surface area contributed by atoms with Crippen molar-refractivity contribution in [1.29, 1.82) is 0 Å². The van der Waals surface area contributed by atoms with Crippen molar-refractivity contribution in [3.63, 3.8) is 0 Å². The number of rotatable bonds is 2. The summed E-state index contributed by atoms with van der Waals surface area (Å²) < 4.78 is 0. The SMILES string of the molecule is O=C(Nc1ccccn1)c1c[nH]c2ncccc12. The van der Waals surface area contributed by atoms with Crippen LogP contribution in [0.25, 0.3) is 11.0 Å². The number of aromatic amines is 1. The molecular formula is C13H10N4O. The van der Waals surface area contributed by atoms with Gasteiger partial charge in [0.2, 0.25) is 0 Å². The predicted octanol–water partition coefficient (Wildman–Crippen LogP) is 2.21. The van der Waals surface area contributed by atoms with Gasteiger partial charge in [0.1, 0.15) is 11.5 Å². The van der Waals surface area contributed by atoms with Crippen LogP contribution in [0.2, 0.25) is 0 Å². The molecule has 0 spiro atoms. The van der Waals surface area contributed by atoms with E-state index >= 15 is 0 Å². The lowest BCUT2D eigenvalue weighted by Gasteiger charge is -2.02. The Kier molecular flexibility index (Phi) is 2.49. The molecule has 3 aromatic rings. The first-order valence-electron chi connectivity index (χ1n) is 5.49. The van der Waals surface area contributed by atoms with Crippen molar-refractivity contribution >= 4 is 22.8 Å². The van der Waals surface area contributed by atoms with Gasteiger partial charge < -0.3 is 10.3 Å². The van der Waals surface area contributed by atoms with Crippen molar-refractivity contribution in [2.45, 2.75) is 0 Å². The fourth-order valence-electron chi connectivity index (χ4n) is 1.76. The smallest absolute Gasteiger partial charge is 0.259 e. The van der Waals surface area contributed by atoms with Crippen molar-refractivity contribution in [3.05, 3.63) is 54.5 Å². The lowest BCUT2D eigenvalue weighted by molar-refractivity contribution is 0.102. The molecule has 3 heterocycles. The van der Waals surface area contributed by atoms with Gasteiger partial charge in [-0.05, 0) is 24.3 Å². The Morgan fingerprint density at radius 3 is 2.83 bits per heavy atom. The van der Waals surface area contributed by atoms with Crippen molar-refractivity contribution in [2.75, 3.05) is 5.32 Å². The number of H-pyrrole nitrogens is 1. The molecule has 3 rings (SSSR count). The third-order valence-electron chi connectivity index (χ3n) is 2.60. The van der Waals surface area contributed by atoms with E-state index in [0.717, 1.165) is 5.39 Å². The van der Waals surface area contributed by atoms with Gasteiger partial charge in [0.15, 0.2) is 0 Å². The number of carbonyl (C=O) groups excluding carboxylic acids is 1. The average Bonchev–Trinajstić information content (AvgIpc) is 2.84. The van der Waals surface area contributed by atoms with Crippen molar-refractivity contribution < 1.29 is 4.79 Å². The van der Waals surface area contributed by atoms with Crippen LogP contribution in [0.3, 0.4) is 0 Å². The zero-order chi connectivity index (χ0) is 12.4. The molecule has 0 aromatic carbocycles. The summed E-state index contributed by atoms with van der Waals surface area (Å²) in [7, 11) is 0. The number of nitrogens with one attached hydrogen (secondary N) is 2. The topological polar surface area (TPSA) is 70.7 Å². The fraction of sp³-hybridized carbons (Fsp3) is 0. The molecule has 0 radical (unpaired) electrons. The molecular weight excluding hydrogens is 228 g/mol. The predicted molar refractivity (Wildman–Crippen MR) is 68.3 cm³/mol. The molecule has 88 valence electrons. The number of anilines is 1. The fourth-order valence-corrected chi connectivity index (χ4v) is 1.76. The molecule has 0 aliphatic heterocycles. The first kappa shape index (κ1) is 10.5. The van der Waals surface area contributed by atoms with Gasteiger partial charge in [0.25, 0.3) is 5.91 Å². The molecule has 0 bridgehead atoms. The van der Waals surface area contributed by atoms with Crippen LogP contribution in [0.5, 0.6) is 0 Å². The summed E-state index contributed by atoms with van der Waals surface area (Å²) in [5.74, 6) is 0.327. The summed E-state index contributed by atoms with van der Waals surface area (Å²) >= 11 is 0. The highest BCUT2D eigenvalue weighted by Crippen LogP contribution is 2.16. The second-order valence-corrected chi connectivity index (χ2v) is 3.77. The van der Waals surface area contributed by atoms with Crippen LogP contribution < -0.4 is 5.32 Å². The largest absolute Gasteiger partial charge is 0.345 e. The van der Waals surface area contributed by atoms with Crippen molar-refractivity contribution in [1.82, 2.24) is 15.0 Å². The lowest BCUT2D eigenvalue weighted by atomic mass is 10.2. The summed E-state index contributed by atoms with van der Waals surface area (Å²) in [5.41, 5.74) is 1.26. The highest BCUT2D eigenvalue weighted by atomic mass is 16.1. The van der Waals surface area contributed by atoms with Gasteiger partial charge in [-0.15, -0.1) is 0 Å². The molecule has 0 saturated carbocycles. The average molecular weight is 238 g/mol. The molecule has 3 aromatic heterocycles. The first-order valence-corrected chi connectivity index (χ1v) is 5.49. The molecule has 0 saturated heterocycles. The van der Waals surface area contributed by atoms with E-state index in [1.54, 1.807) is 36.8 Å². The second-order valence-electron chi connectivity index (χ2n) is 3.77. The number of nitrogens with zero attached hydrogens (tertiary/aromatic N) is 2. The normalized spacial score (nSPS) is 10.4. The molecule has 0 aliphatic rings. The highest BCUT2D eigenvalue weighted by Gasteiger charge is 2.12. The maximum atomic E-state index is 12.1. The van der Waals surface area contributed by atoms with E-state index in [1.165, 1.54) is 0 Å². The van der Waals surface area contributed by atoms with Crippen LogP contribution in [0.1, 0.15) is 10.4 Å². The standard InChI is InChI=1S/C13H10N4O/c18-13(17-11-5-1-2-6-14-11)10-8-16-12-9(10)4-3-7-15-12/h1-8H,(H,15,16)(H,14,17,18). The third-order valence-corrected chi connectivity index (χ3v) is 2.60. The summed E-state index contributed by atoms with van der Waals surface area (Å²) in [5, 5.41) is 3.54. The van der Waals surface area contributed by atoms with Gasteiger partial charge >= 0.3 is 0 Å².